The van der Waals surface area contributed by atoms with Crippen LogP contribution in [0.2, 0.25) is 0 Å². The van der Waals surface area contributed by atoms with Gasteiger partial charge < -0.3 is 0 Å². The van der Waals surface area contributed by atoms with Gasteiger partial charge in [-0.3, -0.25) is 4.79 Å². The van der Waals surface area contributed by atoms with Crippen LogP contribution in [0.25, 0.3) is 11.0 Å². The summed E-state index contributed by atoms with van der Waals surface area (Å²) in [4.78, 5) is 16.9. The number of carbonyl (C=O) groups is 1. The Morgan fingerprint density at radius 2 is 1.71 bits per heavy atom. The molecule has 5 nitrogen and oxygen atoms in total. The number of aryl methyl sites for hydroxylation is 1. The van der Waals surface area contributed by atoms with Gasteiger partial charge in [-0.2, -0.15) is 0 Å². The number of hydrogen-bond donors (Lipinski definition) is 0. The van der Waals surface area contributed by atoms with Gasteiger partial charge in [-0.1, -0.05) is 30.3 Å². The van der Waals surface area contributed by atoms with Crippen LogP contribution in [0, 0.1) is 6.92 Å². The predicted molar refractivity (Wildman–Crippen MR) is 93.8 cm³/mol. The van der Waals surface area contributed by atoms with Crippen molar-refractivity contribution in [2.45, 2.75) is 26.0 Å². The van der Waals surface area contributed by atoms with Gasteiger partial charge in [0, 0.05) is 11.1 Å². The Balaban J connectivity index is 2.20. The van der Waals surface area contributed by atoms with Gasteiger partial charge >= 0.3 is 0 Å². The molecule has 0 atom stereocenters. The van der Waals surface area contributed by atoms with Gasteiger partial charge in [-0.05, 0) is 39.0 Å². The Labute approximate surface area is 141 Å². The molecule has 0 spiro atoms. The normalized spacial score (nSPS) is 12.0. The maximum Gasteiger partial charge on any atom is 0.242 e. The number of ketones is 1. The Morgan fingerprint density at radius 3 is 2.33 bits per heavy atom. The molecule has 0 radical (unpaired) electrons. The van der Waals surface area contributed by atoms with Gasteiger partial charge in [0.25, 0.3) is 0 Å². The van der Waals surface area contributed by atoms with Crippen molar-refractivity contribution < 1.29 is 13.2 Å². The number of fused-ring (bicyclic) bond motifs is 1. The van der Waals surface area contributed by atoms with E-state index in [9.17, 15) is 13.2 Å². The fourth-order valence-electron chi connectivity index (χ4n) is 2.60. The summed E-state index contributed by atoms with van der Waals surface area (Å²) >= 11 is 0. The van der Waals surface area contributed by atoms with Crippen LogP contribution in [0.3, 0.4) is 0 Å². The molecule has 0 saturated heterocycles. The standard InChI is InChI=1S/C18H18N2O3S/c1-12(2)24(22,23)20-13(3)19-16-10-9-15(11-17(16)20)18(21)14-7-5-4-6-8-14/h4-12H,1-3H3. The van der Waals surface area contributed by atoms with Crippen LogP contribution < -0.4 is 0 Å². The second-order valence-corrected chi connectivity index (χ2v) is 8.25. The molecule has 0 aliphatic heterocycles. The van der Waals surface area contributed by atoms with Crippen LogP contribution in [-0.2, 0) is 10.0 Å². The lowest BCUT2D eigenvalue weighted by molar-refractivity contribution is 0.103. The Kier molecular flexibility index (Phi) is 4.01. The summed E-state index contributed by atoms with van der Waals surface area (Å²) in [6.07, 6.45) is 0. The van der Waals surface area contributed by atoms with E-state index in [4.69, 9.17) is 0 Å². The molecular weight excluding hydrogens is 324 g/mol. The zero-order valence-electron chi connectivity index (χ0n) is 13.7. The molecule has 2 aromatic carbocycles. The van der Waals surface area contributed by atoms with E-state index >= 15 is 0 Å². The first-order valence-corrected chi connectivity index (χ1v) is 9.16. The van der Waals surface area contributed by atoms with E-state index in [1.54, 1.807) is 63.2 Å². The van der Waals surface area contributed by atoms with Crippen molar-refractivity contribution in [1.29, 1.82) is 0 Å². The Morgan fingerprint density at radius 1 is 1.04 bits per heavy atom. The SMILES string of the molecule is Cc1nc2ccc(C(=O)c3ccccc3)cc2n1S(=O)(=O)C(C)C. The summed E-state index contributed by atoms with van der Waals surface area (Å²) < 4.78 is 26.5. The fourth-order valence-corrected chi connectivity index (χ4v) is 3.86. The van der Waals surface area contributed by atoms with Crippen molar-refractivity contribution in [2.24, 2.45) is 0 Å². The zero-order valence-corrected chi connectivity index (χ0v) is 14.5. The lowest BCUT2D eigenvalue weighted by atomic mass is 10.0. The van der Waals surface area contributed by atoms with Crippen molar-refractivity contribution in [1.82, 2.24) is 8.96 Å². The number of aromatic nitrogens is 2. The van der Waals surface area contributed by atoms with E-state index in [2.05, 4.69) is 4.98 Å². The zero-order chi connectivity index (χ0) is 17.5. The first-order chi connectivity index (χ1) is 11.3. The third kappa shape index (κ3) is 2.63. The van der Waals surface area contributed by atoms with Gasteiger partial charge in [-0.25, -0.2) is 17.4 Å². The molecule has 6 heteroatoms. The summed E-state index contributed by atoms with van der Waals surface area (Å²) in [5, 5.41) is -0.581. The highest BCUT2D eigenvalue weighted by Gasteiger charge is 2.24. The fraction of sp³-hybridized carbons (Fsp3) is 0.222. The molecule has 0 saturated carbocycles. The van der Waals surface area contributed by atoms with E-state index in [0.717, 1.165) is 0 Å². The van der Waals surface area contributed by atoms with Crippen LogP contribution in [0.1, 0.15) is 35.6 Å². The third-order valence-corrected chi connectivity index (χ3v) is 6.08. The average Bonchev–Trinajstić information content (AvgIpc) is 2.90. The Bertz CT molecular complexity index is 1020. The minimum atomic E-state index is -3.56. The van der Waals surface area contributed by atoms with E-state index < -0.39 is 15.3 Å². The molecular formula is C18H18N2O3S. The first-order valence-electron chi connectivity index (χ1n) is 7.65. The molecule has 124 valence electrons. The van der Waals surface area contributed by atoms with Crippen LogP contribution >= 0.6 is 0 Å². The molecule has 0 bridgehead atoms. The van der Waals surface area contributed by atoms with Gasteiger partial charge in [0.05, 0.1) is 16.3 Å². The van der Waals surface area contributed by atoms with E-state index in [1.807, 2.05) is 6.07 Å². The smallest absolute Gasteiger partial charge is 0.242 e. The van der Waals surface area contributed by atoms with Crippen LogP contribution in [0.4, 0.5) is 0 Å². The van der Waals surface area contributed by atoms with Crippen LogP contribution in [-0.4, -0.2) is 28.4 Å². The van der Waals surface area contributed by atoms with Gasteiger partial charge in [0.15, 0.2) is 5.78 Å². The molecule has 3 aromatic rings. The molecule has 1 heterocycles. The highest BCUT2D eigenvalue weighted by atomic mass is 32.2. The maximum atomic E-state index is 12.6. The molecule has 0 fully saturated rings. The number of nitrogens with zero attached hydrogens (tertiary/aromatic N) is 2. The predicted octanol–water partition coefficient (Wildman–Crippen LogP) is 3.16. The van der Waals surface area contributed by atoms with Crippen LogP contribution in [0.15, 0.2) is 48.5 Å². The monoisotopic (exact) mass is 342 g/mol. The summed E-state index contributed by atoms with van der Waals surface area (Å²) in [6.45, 7) is 4.90. The topological polar surface area (TPSA) is 69.0 Å². The van der Waals surface area contributed by atoms with Crippen LogP contribution in [0.5, 0.6) is 0 Å². The number of rotatable bonds is 4. The molecule has 0 aliphatic carbocycles. The summed E-state index contributed by atoms with van der Waals surface area (Å²) in [5.41, 5.74) is 1.99. The lowest BCUT2D eigenvalue weighted by Crippen LogP contribution is -2.23. The third-order valence-electron chi connectivity index (χ3n) is 3.92. The highest BCUT2D eigenvalue weighted by molar-refractivity contribution is 7.90. The summed E-state index contributed by atoms with van der Waals surface area (Å²) in [5.74, 6) is 0.243. The molecule has 0 amide bonds. The van der Waals surface area contributed by atoms with Crippen molar-refractivity contribution in [3.8, 4) is 0 Å². The van der Waals surface area contributed by atoms with Crippen molar-refractivity contribution >= 4 is 26.8 Å². The molecule has 0 unspecified atom stereocenters. The minimum Gasteiger partial charge on any atom is -0.289 e. The maximum absolute atomic E-state index is 12.6. The average molecular weight is 342 g/mol. The molecule has 1 aromatic heterocycles. The van der Waals surface area contributed by atoms with Gasteiger partial charge in [-0.15, -0.1) is 0 Å². The number of benzene rings is 2. The first kappa shape index (κ1) is 16.4. The highest BCUT2D eigenvalue weighted by Crippen LogP contribution is 2.23. The summed E-state index contributed by atoms with van der Waals surface area (Å²) in [6, 6.07) is 13.9. The van der Waals surface area contributed by atoms with Gasteiger partial charge in [0.1, 0.15) is 5.82 Å². The van der Waals surface area contributed by atoms with Crippen molar-refractivity contribution in [2.75, 3.05) is 0 Å². The molecule has 24 heavy (non-hydrogen) atoms. The van der Waals surface area contributed by atoms with Crippen molar-refractivity contribution in [3.05, 3.63) is 65.5 Å². The largest absolute Gasteiger partial charge is 0.289 e. The van der Waals surface area contributed by atoms with Gasteiger partial charge in [0.2, 0.25) is 10.0 Å². The lowest BCUT2D eigenvalue weighted by Gasteiger charge is -2.11. The number of imidazole rings is 1. The summed E-state index contributed by atoms with van der Waals surface area (Å²) in [7, 11) is -3.56. The van der Waals surface area contributed by atoms with E-state index in [1.165, 1.54) is 3.97 Å². The molecule has 3 rings (SSSR count). The second kappa shape index (κ2) is 5.87. The quantitative estimate of drug-likeness (QED) is 0.683. The molecule has 0 N–H and O–H groups in total. The van der Waals surface area contributed by atoms with Crippen molar-refractivity contribution in [3.63, 3.8) is 0 Å². The number of carbonyl (C=O) groups excluding carboxylic acids is 1. The Hall–Kier alpha value is -2.47. The number of hydrogen-bond acceptors (Lipinski definition) is 4. The second-order valence-electron chi connectivity index (χ2n) is 5.92. The van der Waals surface area contributed by atoms with E-state index in [-0.39, 0.29) is 5.78 Å². The van der Waals surface area contributed by atoms with E-state index in [0.29, 0.717) is 28.0 Å². The minimum absolute atomic E-state index is 0.148. The molecule has 0 aliphatic rings.